The second-order valence-electron chi connectivity index (χ2n) is 6.19. The van der Waals surface area contributed by atoms with Gasteiger partial charge in [0.1, 0.15) is 0 Å². The summed E-state index contributed by atoms with van der Waals surface area (Å²) in [5.41, 5.74) is 2.29. The Morgan fingerprint density at radius 2 is 1.76 bits per heavy atom. The molecule has 0 aromatic heterocycles. The van der Waals surface area contributed by atoms with E-state index in [1.807, 2.05) is 42.5 Å². The summed E-state index contributed by atoms with van der Waals surface area (Å²) in [5.74, 6) is -0.366. The van der Waals surface area contributed by atoms with Crippen molar-refractivity contribution in [3.63, 3.8) is 0 Å². The van der Waals surface area contributed by atoms with Crippen molar-refractivity contribution in [3.05, 3.63) is 65.7 Å². The van der Waals surface area contributed by atoms with Gasteiger partial charge in [-0.2, -0.15) is 0 Å². The number of hydrogen-bond donors (Lipinski definition) is 1. The van der Waals surface area contributed by atoms with E-state index < -0.39 is 0 Å². The van der Waals surface area contributed by atoms with Gasteiger partial charge in [-0.3, -0.25) is 4.90 Å². The lowest BCUT2D eigenvalue weighted by molar-refractivity contribution is 0.0600. The summed E-state index contributed by atoms with van der Waals surface area (Å²) in [6, 6.07) is 16.9. The number of urea groups is 1. The Labute approximate surface area is 147 Å². The van der Waals surface area contributed by atoms with Crippen LogP contribution >= 0.6 is 0 Å². The molecule has 0 unspecified atom stereocenters. The molecule has 1 aliphatic rings. The van der Waals surface area contributed by atoms with Crippen molar-refractivity contribution in [2.75, 3.05) is 12.0 Å². The lowest BCUT2D eigenvalue weighted by atomic mass is 9.93. The van der Waals surface area contributed by atoms with E-state index in [1.54, 1.807) is 17.0 Å². The third kappa shape index (κ3) is 4.18. The van der Waals surface area contributed by atoms with E-state index in [0.717, 1.165) is 24.1 Å². The van der Waals surface area contributed by atoms with E-state index >= 15 is 0 Å². The second kappa shape index (κ2) is 7.83. The van der Waals surface area contributed by atoms with Gasteiger partial charge in [-0.05, 0) is 49.1 Å². The van der Waals surface area contributed by atoms with E-state index in [-0.39, 0.29) is 18.0 Å². The van der Waals surface area contributed by atoms with Crippen LogP contribution in [0, 0.1) is 0 Å². The molecule has 25 heavy (non-hydrogen) atoms. The number of anilines is 1. The summed E-state index contributed by atoms with van der Waals surface area (Å²) in [7, 11) is 1.36. The molecule has 0 heterocycles. The van der Waals surface area contributed by atoms with Gasteiger partial charge in [0.25, 0.3) is 0 Å². The van der Waals surface area contributed by atoms with Crippen molar-refractivity contribution in [1.29, 1.82) is 0 Å². The zero-order valence-corrected chi connectivity index (χ0v) is 14.3. The number of ether oxygens (including phenoxy) is 1. The van der Waals surface area contributed by atoms with Crippen molar-refractivity contribution in [2.24, 2.45) is 0 Å². The molecular formula is C20H22N2O3. The van der Waals surface area contributed by atoms with Gasteiger partial charge in [0.15, 0.2) is 0 Å². The van der Waals surface area contributed by atoms with Gasteiger partial charge in [-0.15, -0.1) is 0 Å². The number of para-hydroxylation sites is 1. The number of nitrogens with one attached hydrogen (secondary N) is 1. The predicted molar refractivity (Wildman–Crippen MR) is 96.6 cm³/mol. The van der Waals surface area contributed by atoms with Crippen LogP contribution in [-0.4, -0.2) is 25.2 Å². The molecule has 3 rings (SSSR count). The van der Waals surface area contributed by atoms with Gasteiger partial charge in [-0.25, -0.2) is 9.59 Å². The largest absolute Gasteiger partial charge is 0.465 e. The number of amides is 2. The van der Waals surface area contributed by atoms with E-state index in [2.05, 4.69) is 5.32 Å². The van der Waals surface area contributed by atoms with Gasteiger partial charge >= 0.3 is 12.0 Å². The molecule has 1 fully saturated rings. The van der Waals surface area contributed by atoms with Gasteiger partial charge in [0, 0.05) is 11.7 Å². The fourth-order valence-electron chi connectivity index (χ4n) is 2.74. The molecular weight excluding hydrogens is 316 g/mol. The Balaban J connectivity index is 1.77. The van der Waals surface area contributed by atoms with Crippen LogP contribution in [0.25, 0.3) is 0 Å². The topological polar surface area (TPSA) is 58.6 Å². The van der Waals surface area contributed by atoms with Crippen LogP contribution in [-0.2, 0) is 11.3 Å². The molecule has 2 aromatic carbocycles. The summed E-state index contributed by atoms with van der Waals surface area (Å²) in [6.07, 6.45) is 3.26. The van der Waals surface area contributed by atoms with E-state index in [1.165, 1.54) is 13.5 Å². The number of carbonyl (C=O) groups excluding carboxylic acids is 2. The first kappa shape index (κ1) is 17.0. The minimum absolute atomic E-state index is 0.0899. The molecule has 1 saturated carbocycles. The Kier molecular flexibility index (Phi) is 5.33. The van der Waals surface area contributed by atoms with Crippen molar-refractivity contribution in [2.45, 2.75) is 31.8 Å². The zero-order chi connectivity index (χ0) is 17.6. The molecule has 2 amide bonds. The van der Waals surface area contributed by atoms with E-state index in [9.17, 15) is 9.59 Å². The normalized spacial score (nSPS) is 13.6. The number of rotatable bonds is 5. The summed E-state index contributed by atoms with van der Waals surface area (Å²) in [6.45, 7) is 0.435. The second-order valence-corrected chi connectivity index (χ2v) is 6.19. The lowest BCUT2D eigenvalue weighted by Crippen LogP contribution is -2.47. The predicted octanol–water partition coefficient (Wildman–Crippen LogP) is 3.74. The highest BCUT2D eigenvalue weighted by Gasteiger charge is 2.23. The molecule has 0 aliphatic heterocycles. The Morgan fingerprint density at radius 3 is 2.32 bits per heavy atom. The first-order chi connectivity index (χ1) is 12.2. The van der Waals surface area contributed by atoms with Gasteiger partial charge in [0.05, 0.1) is 19.2 Å². The molecule has 0 bridgehead atoms. The fraction of sp³-hybridized carbons (Fsp3) is 0.300. The minimum Gasteiger partial charge on any atom is -0.465 e. The molecule has 130 valence electrons. The van der Waals surface area contributed by atoms with Crippen LogP contribution in [0.3, 0.4) is 0 Å². The van der Waals surface area contributed by atoms with Crippen molar-refractivity contribution in [1.82, 2.24) is 5.32 Å². The molecule has 1 N–H and O–H groups in total. The highest BCUT2D eigenvalue weighted by atomic mass is 16.5. The Morgan fingerprint density at radius 1 is 1.08 bits per heavy atom. The first-order valence-electron chi connectivity index (χ1n) is 8.47. The molecule has 5 nitrogen and oxygen atoms in total. The first-order valence-corrected chi connectivity index (χ1v) is 8.47. The number of esters is 1. The minimum atomic E-state index is -0.366. The molecule has 0 radical (unpaired) electrons. The average Bonchev–Trinajstić information content (AvgIpc) is 2.63. The van der Waals surface area contributed by atoms with Crippen LogP contribution in [0.5, 0.6) is 0 Å². The van der Waals surface area contributed by atoms with Gasteiger partial charge in [0.2, 0.25) is 0 Å². The average molecular weight is 338 g/mol. The Hall–Kier alpha value is -2.82. The number of carbonyl (C=O) groups is 2. The standard InChI is InChI=1S/C20H22N2O3/c1-25-19(23)16-12-10-15(11-13-16)14-22(18-8-3-2-4-9-18)20(24)21-17-6-5-7-17/h2-4,8-13,17H,5-7,14H2,1H3,(H,21,24). The maximum absolute atomic E-state index is 12.7. The number of nitrogens with zero attached hydrogens (tertiary/aromatic N) is 1. The summed E-state index contributed by atoms with van der Waals surface area (Å²) >= 11 is 0. The van der Waals surface area contributed by atoms with Crippen LogP contribution in [0.15, 0.2) is 54.6 Å². The third-order valence-electron chi connectivity index (χ3n) is 4.46. The Bertz CT molecular complexity index is 724. The number of methoxy groups -OCH3 is 1. The van der Waals surface area contributed by atoms with Gasteiger partial charge < -0.3 is 10.1 Å². The van der Waals surface area contributed by atoms with Crippen molar-refractivity contribution < 1.29 is 14.3 Å². The van der Waals surface area contributed by atoms with Crippen LogP contribution in [0.2, 0.25) is 0 Å². The van der Waals surface area contributed by atoms with Crippen molar-refractivity contribution >= 4 is 17.7 Å². The maximum atomic E-state index is 12.7. The highest BCUT2D eigenvalue weighted by molar-refractivity contribution is 5.92. The summed E-state index contributed by atoms with van der Waals surface area (Å²) < 4.78 is 4.71. The highest BCUT2D eigenvalue weighted by Crippen LogP contribution is 2.21. The zero-order valence-electron chi connectivity index (χ0n) is 14.3. The molecule has 2 aromatic rings. The van der Waals surface area contributed by atoms with Crippen LogP contribution < -0.4 is 10.2 Å². The fourth-order valence-corrected chi connectivity index (χ4v) is 2.74. The number of hydrogen-bond acceptors (Lipinski definition) is 3. The smallest absolute Gasteiger partial charge is 0.337 e. The molecule has 5 heteroatoms. The maximum Gasteiger partial charge on any atom is 0.337 e. The number of benzene rings is 2. The van der Waals surface area contributed by atoms with Crippen molar-refractivity contribution in [3.8, 4) is 0 Å². The molecule has 0 spiro atoms. The van der Waals surface area contributed by atoms with Gasteiger partial charge in [-0.1, -0.05) is 30.3 Å². The van der Waals surface area contributed by atoms with E-state index in [0.29, 0.717) is 12.1 Å². The van der Waals surface area contributed by atoms with Crippen LogP contribution in [0.1, 0.15) is 35.2 Å². The third-order valence-corrected chi connectivity index (χ3v) is 4.46. The monoisotopic (exact) mass is 338 g/mol. The van der Waals surface area contributed by atoms with E-state index in [4.69, 9.17) is 4.74 Å². The quantitative estimate of drug-likeness (QED) is 0.845. The lowest BCUT2D eigenvalue weighted by Gasteiger charge is -2.31. The molecule has 1 aliphatic carbocycles. The molecule has 0 atom stereocenters. The SMILES string of the molecule is COC(=O)c1ccc(CN(C(=O)NC2CCC2)c2ccccc2)cc1. The van der Waals surface area contributed by atoms with Crippen LogP contribution in [0.4, 0.5) is 10.5 Å². The summed E-state index contributed by atoms with van der Waals surface area (Å²) in [5, 5.41) is 3.09. The summed E-state index contributed by atoms with van der Waals surface area (Å²) in [4.78, 5) is 26.0. The molecule has 0 saturated heterocycles.